The lowest BCUT2D eigenvalue weighted by atomic mass is 9.77. The first-order valence-corrected chi connectivity index (χ1v) is 13.2. The number of alkyl halides is 9. The minimum absolute atomic E-state index is 0.367. The van der Waals surface area contributed by atoms with Crippen LogP contribution in [0.15, 0.2) is 36.9 Å². The predicted molar refractivity (Wildman–Crippen MR) is 141 cm³/mol. The highest BCUT2D eigenvalue weighted by molar-refractivity contribution is 5.73. The molecule has 2 fully saturated rings. The van der Waals surface area contributed by atoms with E-state index in [1.54, 1.807) is 6.20 Å². The van der Waals surface area contributed by atoms with E-state index in [0.717, 1.165) is 31.8 Å². The van der Waals surface area contributed by atoms with E-state index in [-0.39, 0.29) is 0 Å². The van der Waals surface area contributed by atoms with E-state index in [4.69, 9.17) is 34.4 Å². The molecule has 3 N–H and O–H groups in total. The number of likely N-dealkylation sites (tertiary alicyclic amines) is 2. The van der Waals surface area contributed by atoms with E-state index in [0.29, 0.717) is 17.9 Å². The van der Waals surface area contributed by atoms with Gasteiger partial charge in [0.25, 0.3) is 0 Å². The lowest BCUT2D eigenvalue weighted by Crippen LogP contribution is -2.36. The maximum absolute atomic E-state index is 10.6. The molecule has 2 atom stereocenters. The van der Waals surface area contributed by atoms with E-state index in [1.165, 1.54) is 25.1 Å². The highest BCUT2D eigenvalue weighted by atomic mass is 19.4. The highest BCUT2D eigenvalue weighted by Gasteiger charge is 2.49. The number of hydrogen-bond donors (Lipinski definition) is 3. The fraction of sp³-hybridized carbons (Fsp3) is 0.577. The van der Waals surface area contributed by atoms with Gasteiger partial charge in [-0.05, 0) is 31.6 Å². The number of aromatic nitrogens is 3. The monoisotopic (exact) mass is 697 g/mol. The maximum Gasteiger partial charge on any atom is 0.490 e. The summed E-state index contributed by atoms with van der Waals surface area (Å²) >= 11 is 0. The minimum atomic E-state index is -5.08. The quantitative estimate of drug-likeness (QED) is 0.378. The van der Waals surface area contributed by atoms with Crippen LogP contribution in [-0.4, -0.2) is 116 Å². The van der Waals surface area contributed by atoms with Crippen molar-refractivity contribution in [2.75, 3.05) is 39.8 Å². The number of hydrogen-bond acceptors (Lipinski definition) is 8. The van der Waals surface area contributed by atoms with Crippen molar-refractivity contribution in [1.82, 2.24) is 24.6 Å². The molecule has 0 aromatic carbocycles. The van der Waals surface area contributed by atoms with Gasteiger partial charge in [0.2, 0.25) is 0 Å². The zero-order valence-electron chi connectivity index (χ0n) is 24.8. The molecule has 2 aliphatic heterocycles. The number of carboxylic acid groups (broad SMARTS) is 3. The molecule has 0 bridgehead atoms. The molecule has 12 nitrogen and oxygen atoms in total. The van der Waals surface area contributed by atoms with Crippen molar-refractivity contribution in [3.63, 3.8) is 0 Å². The van der Waals surface area contributed by atoms with Crippen LogP contribution in [-0.2, 0) is 39.3 Å². The van der Waals surface area contributed by atoms with Gasteiger partial charge in [0.1, 0.15) is 0 Å². The number of pyridine rings is 1. The van der Waals surface area contributed by atoms with Crippen molar-refractivity contribution in [2.45, 2.75) is 38.1 Å². The summed E-state index contributed by atoms with van der Waals surface area (Å²) in [6, 6.07) is 4.05. The average molecular weight is 698 g/mol. The second-order valence-electron chi connectivity index (χ2n) is 10.5. The van der Waals surface area contributed by atoms with Crippen LogP contribution in [0.4, 0.5) is 39.5 Å². The molecule has 266 valence electrons. The number of halogens is 9. The van der Waals surface area contributed by atoms with Gasteiger partial charge in [-0.3, -0.25) is 14.6 Å². The average Bonchev–Trinajstić information content (AvgIpc) is 3.62. The normalized spacial score (nSPS) is 19.9. The maximum atomic E-state index is 10.6. The van der Waals surface area contributed by atoms with Gasteiger partial charge in [-0.15, -0.1) is 0 Å². The number of carbonyl (C=O) groups is 3. The Morgan fingerprint density at radius 2 is 1.43 bits per heavy atom. The molecule has 21 heteroatoms. The lowest BCUT2D eigenvalue weighted by molar-refractivity contribution is -0.193. The first-order chi connectivity index (χ1) is 21.5. The van der Waals surface area contributed by atoms with E-state index >= 15 is 0 Å². The van der Waals surface area contributed by atoms with E-state index < -0.39 is 36.4 Å². The fourth-order valence-electron chi connectivity index (χ4n) is 4.73. The molecule has 1 spiro atoms. The number of aliphatic carboxylic acids is 3. The Labute approximate surface area is 261 Å². The van der Waals surface area contributed by atoms with Crippen LogP contribution in [0, 0.1) is 11.3 Å². The molecule has 2 aromatic heterocycles. The van der Waals surface area contributed by atoms with Crippen molar-refractivity contribution in [2.24, 2.45) is 18.4 Å². The van der Waals surface area contributed by atoms with Gasteiger partial charge in [-0.1, -0.05) is 6.07 Å². The predicted octanol–water partition coefficient (Wildman–Crippen LogP) is 3.69. The Morgan fingerprint density at radius 3 is 1.85 bits per heavy atom. The number of rotatable bonds is 6. The van der Waals surface area contributed by atoms with Gasteiger partial charge in [0.15, 0.2) is 0 Å². The van der Waals surface area contributed by atoms with Gasteiger partial charge in [0, 0.05) is 68.7 Å². The second kappa shape index (κ2) is 17.3. The first-order valence-electron chi connectivity index (χ1n) is 13.2. The Balaban J connectivity index is 0.000000430. The second-order valence-corrected chi connectivity index (χ2v) is 10.5. The van der Waals surface area contributed by atoms with Crippen molar-refractivity contribution < 1.29 is 74.0 Å². The number of ether oxygens (including phenoxy) is 1. The Hall–Kier alpha value is -3.98. The molecule has 0 amide bonds. The largest absolute Gasteiger partial charge is 0.490 e. The van der Waals surface area contributed by atoms with Crippen LogP contribution < -0.4 is 0 Å². The number of carboxylic acids is 3. The van der Waals surface area contributed by atoms with Gasteiger partial charge in [-0.25, -0.2) is 14.4 Å². The molecule has 47 heavy (non-hydrogen) atoms. The van der Waals surface area contributed by atoms with Gasteiger partial charge < -0.3 is 25.0 Å². The van der Waals surface area contributed by atoms with Crippen molar-refractivity contribution in [3.05, 3.63) is 48.0 Å². The molecular formula is C26H32F9N5O7. The van der Waals surface area contributed by atoms with E-state index in [1.807, 2.05) is 30.2 Å². The molecule has 2 aliphatic rings. The SMILES string of the molecule is CN1C[C@@H](COCc2cccnc2)[C@]2(CCN(Cc3cnn(C)c3)C2)C1.O=C(O)C(F)(F)F.O=C(O)C(F)(F)F.O=C(O)C(F)(F)F. The third-order valence-electron chi connectivity index (χ3n) is 6.65. The summed E-state index contributed by atoms with van der Waals surface area (Å²) in [4.78, 5) is 35.9. The van der Waals surface area contributed by atoms with Gasteiger partial charge in [0.05, 0.1) is 19.4 Å². The summed E-state index contributed by atoms with van der Waals surface area (Å²) in [5, 5.41) is 25.7. The van der Waals surface area contributed by atoms with Crippen LogP contribution in [0.1, 0.15) is 17.5 Å². The smallest absolute Gasteiger partial charge is 0.475 e. The van der Waals surface area contributed by atoms with Gasteiger partial charge >= 0.3 is 36.4 Å². The molecule has 4 rings (SSSR count). The minimum Gasteiger partial charge on any atom is -0.475 e. The topological polar surface area (TPSA) is 158 Å². The van der Waals surface area contributed by atoms with Gasteiger partial charge in [-0.2, -0.15) is 44.6 Å². The Morgan fingerprint density at radius 1 is 0.894 bits per heavy atom. The fourth-order valence-corrected chi connectivity index (χ4v) is 4.73. The summed E-state index contributed by atoms with van der Waals surface area (Å²) in [6.45, 7) is 7.13. The summed E-state index contributed by atoms with van der Waals surface area (Å²) < 4.78 is 103. The van der Waals surface area contributed by atoms with Crippen LogP contribution in [0.3, 0.4) is 0 Å². The van der Waals surface area contributed by atoms with E-state index in [2.05, 4.69) is 39.2 Å². The number of aryl methyl sites for hydroxylation is 1. The molecule has 0 radical (unpaired) electrons. The first kappa shape index (κ1) is 41.0. The van der Waals surface area contributed by atoms with Crippen LogP contribution in [0.25, 0.3) is 0 Å². The Kier molecular flexibility index (Phi) is 15.1. The summed E-state index contributed by atoms with van der Waals surface area (Å²) in [7, 11) is 4.23. The summed E-state index contributed by atoms with van der Waals surface area (Å²) in [5.41, 5.74) is 2.82. The Bertz CT molecular complexity index is 1230. The number of nitrogens with zero attached hydrogens (tertiary/aromatic N) is 5. The van der Waals surface area contributed by atoms with Crippen LogP contribution >= 0.6 is 0 Å². The molecule has 0 saturated carbocycles. The molecule has 2 aromatic rings. The molecule has 2 saturated heterocycles. The van der Waals surface area contributed by atoms with Crippen LogP contribution in [0.5, 0.6) is 0 Å². The summed E-state index contributed by atoms with van der Waals surface area (Å²) in [5.74, 6) is -7.67. The lowest BCUT2D eigenvalue weighted by Gasteiger charge is -2.30. The summed E-state index contributed by atoms with van der Waals surface area (Å²) in [6.07, 6.45) is -6.18. The third-order valence-corrected chi connectivity index (χ3v) is 6.65. The molecular weight excluding hydrogens is 665 g/mol. The zero-order chi connectivity index (χ0) is 36.2. The van der Waals surface area contributed by atoms with Crippen molar-refractivity contribution in [3.8, 4) is 0 Å². The van der Waals surface area contributed by atoms with Crippen molar-refractivity contribution >= 4 is 17.9 Å². The molecule has 4 heterocycles. The van der Waals surface area contributed by atoms with E-state index in [9.17, 15) is 39.5 Å². The standard InChI is InChI=1S/C20H29N5O.3C2HF3O2/c1-23-12-19(14-26-13-17-4-3-6-21-8-17)20(15-23)5-7-25(16-20)11-18-9-22-24(2)10-18;3*3-2(4,5)1(6)7/h3-4,6,8-10,19H,5,7,11-16H2,1-2H3;3*(H,6,7)/t19-,20+;;;/m0.../s1. The molecule has 0 aliphatic carbocycles. The zero-order valence-corrected chi connectivity index (χ0v) is 24.8. The highest BCUT2D eigenvalue weighted by Crippen LogP contribution is 2.44. The third kappa shape index (κ3) is 15.0. The van der Waals surface area contributed by atoms with Crippen LogP contribution in [0.2, 0.25) is 0 Å². The molecule has 0 unspecified atom stereocenters. The van der Waals surface area contributed by atoms with Crippen molar-refractivity contribution in [1.29, 1.82) is 0 Å².